The number of rotatable bonds is 11. The van der Waals surface area contributed by atoms with Crippen molar-refractivity contribution in [3.8, 4) is 11.1 Å². The van der Waals surface area contributed by atoms with Crippen LogP contribution in [-0.4, -0.2) is 23.5 Å². The van der Waals surface area contributed by atoms with Gasteiger partial charge in [0.05, 0.1) is 11.4 Å². The van der Waals surface area contributed by atoms with E-state index in [1.807, 2.05) is 12.1 Å². The average Bonchev–Trinajstić information content (AvgIpc) is 3.46. The first-order valence-electron chi connectivity index (χ1n) is 13.5. The summed E-state index contributed by atoms with van der Waals surface area (Å²) in [7, 11) is 0. The third-order valence-corrected chi connectivity index (χ3v) is 7.85. The van der Waals surface area contributed by atoms with Crippen molar-refractivity contribution < 1.29 is 14.7 Å². The highest BCUT2D eigenvalue weighted by Crippen LogP contribution is 2.37. The molecule has 0 aliphatic rings. The van der Waals surface area contributed by atoms with Crippen LogP contribution in [-0.2, 0) is 17.8 Å². The zero-order chi connectivity index (χ0) is 27.9. The molecule has 4 aromatic carbocycles. The number of hydrogen-bond acceptors (Lipinski definition) is 4. The predicted molar refractivity (Wildman–Crippen MR) is 165 cm³/mol. The third kappa shape index (κ3) is 6.58. The number of amides is 1. The van der Waals surface area contributed by atoms with Gasteiger partial charge < -0.3 is 15.3 Å². The summed E-state index contributed by atoms with van der Waals surface area (Å²) in [4.78, 5) is 25.4. The van der Waals surface area contributed by atoms with E-state index < -0.39 is 5.97 Å². The van der Waals surface area contributed by atoms with Gasteiger partial charge in [0.1, 0.15) is 0 Å². The minimum atomic E-state index is -0.934. The van der Waals surface area contributed by atoms with E-state index in [9.17, 15) is 9.59 Å². The molecule has 0 spiro atoms. The largest absolute Gasteiger partial charge is 0.481 e. The molecule has 5 rings (SSSR count). The maximum Gasteiger partial charge on any atom is 0.305 e. The Morgan fingerprint density at radius 3 is 2.27 bits per heavy atom. The second-order valence-electron chi connectivity index (χ2n) is 9.83. The van der Waals surface area contributed by atoms with Gasteiger partial charge in [-0.2, -0.15) is 0 Å². The molecule has 0 saturated carbocycles. The number of carbonyl (C=O) groups excluding carboxylic acids is 1. The summed E-state index contributed by atoms with van der Waals surface area (Å²) >= 11 is 1.72. The second-order valence-corrected chi connectivity index (χ2v) is 10.7. The molecule has 5 nitrogen and oxygen atoms in total. The predicted octanol–water partition coefficient (Wildman–Crippen LogP) is 8.06. The molecule has 0 bridgehead atoms. The van der Waals surface area contributed by atoms with Crippen LogP contribution in [0.3, 0.4) is 0 Å². The van der Waals surface area contributed by atoms with Crippen LogP contribution in [0, 0.1) is 0 Å². The summed E-state index contributed by atoms with van der Waals surface area (Å²) in [6.07, 6.45) is 2.07. The standard InChI is InChI=1S/C34H32N2O3S/c1-2-5-24-10-16-31(17-11-24)36(22-25-8-12-27(13-9-25)34(39)35-19-18-33(37)38)32-21-30(23-40-32)29-15-14-26-6-3-4-7-28(26)20-29/h3-4,6-17,20-21,23H,2,5,18-19,22H2,1H3,(H,35,39)(H,37,38). The molecule has 1 aromatic heterocycles. The van der Waals surface area contributed by atoms with Gasteiger partial charge in [-0.1, -0.05) is 74.0 Å². The van der Waals surface area contributed by atoms with Crippen molar-refractivity contribution in [2.24, 2.45) is 0 Å². The first-order chi connectivity index (χ1) is 19.5. The minimum Gasteiger partial charge on any atom is -0.481 e. The van der Waals surface area contributed by atoms with E-state index in [0.717, 1.165) is 29.1 Å². The van der Waals surface area contributed by atoms with Crippen LogP contribution in [0.4, 0.5) is 10.7 Å². The van der Waals surface area contributed by atoms with E-state index >= 15 is 0 Å². The van der Waals surface area contributed by atoms with Gasteiger partial charge in [0, 0.05) is 29.7 Å². The Bertz CT molecular complexity index is 1610. The van der Waals surface area contributed by atoms with Crippen LogP contribution < -0.4 is 10.2 Å². The quantitative estimate of drug-likeness (QED) is 0.175. The number of nitrogens with zero attached hydrogens (tertiary/aromatic N) is 1. The number of carboxylic acids is 1. The van der Waals surface area contributed by atoms with E-state index in [-0.39, 0.29) is 18.9 Å². The van der Waals surface area contributed by atoms with Crippen molar-refractivity contribution in [3.63, 3.8) is 0 Å². The maximum atomic E-state index is 12.4. The Hall–Kier alpha value is -4.42. The molecule has 1 amide bonds. The Labute approximate surface area is 238 Å². The molecule has 5 aromatic rings. The summed E-state index contributed by atoms with van der Waals surface area (Å²) in [6, 6.07) is 33.5. The highest BCUT2D eigenvalue weighted by molar-refractivity contribution is 7.14. The summed E-state index contributed by atoms with van der Waals surface area (Å²) < 4.78 is 0. The smallest absolute Gasteiger partial charge is 0.305 e. The van der Waals surface area contributed by atoms with E-state index in [1.165, 1.54) is 27.5 Å². The molecule has 6 heteroatoms. The third-order valence-electron chi connectivity index (χ3n) is 6.90. The molecule has 1 heterocycles. The molecule has 0 aliphatic carbocycles. The average molecular weight is 549 g/mol. The van der Waals surface area contributed by atoms with E-state index in [1.54, 1.807) is 23.5 Å². The number of aryl methyl sites for hydroxylation is 1. The highest BCUT2D eigenvalue weighted by Gasteiger charge is 2.15. The lowest BCUT2D eigenvalue weighted by Gasteiger charge is -2.24. The molecular formula is C34H32N2O3S. The Kier molecular flexibility index (Phi) is 8.57. The normalized spacial score (nSPS) is 10.9. The fourth-order valence-electron chi connectivity index (χ4n) is 4.74. The molecule has 2 N–H and O–H groups in total. The van der Waals surface area contributed by atoms with Crippen molar-refractivity contribution in [1.29, 1.82) is 0 Å². The van der Waals surface area contributed by atoms with Crippen LogP contribution in [0.2, 0.25) is 0 Å². The van der Waals surface area contributed by atoms with Crippen molar-refractivity contribution >= 4 is 44.7 Å². The van der Waals surface area contributed by atoms with Crippen LogP contribution in [0.1, 0.15) is 41.3 Å². The molecule has 202 valence electrons. The minimum absolute atomic E-state index is 0.0994. The topological polar surface area (TPSA) is 69.6 Å². The van der Waals surface area contributed by atoms with Crippen molar-refractivity contribution in [1.82, 2.24) is 5.32 Å². The van der Waals surface area contributed by atoms with Crippen LogP contribution >= 0.6 is 11.3 Å². The number of carbonyl (C=O) groups is 2. The monoisotopic (exact) mass is 548 g/mol. The fourth-order valence-corrected chi connectivity index (χ4v) is 5.69. The second kappa shape index (κ2) is 12.6. The number of hydrogen-bond donors (Lipinski definition) is 2. The lowest BCUT2D eigenvalue weighted by Crippen LogP contribution is -2.26. The molecular weight excluding hydrogens is 516 g/mol. The highest BCUT2D eigenvalue weighted by atomic mass is 32.1. The Morgan fingerprint density at radius 1 is 0.825 bits per heavy atom. The molecule has 0 fully saturated rings. The number of aliphatic carboxylic acids is 1. The van der Waals surface area contributed by atoms with Gasteiger partial charge in [-0.3, -0.25) is 9.59 Å². The summed E-state index contributed by atoms with van der Waals surface area (Å²) in [6.45, 7) is 2.94. The number of thiophene rings is 1. The zero-order valence-electron chi connectivity index (χ0n) is 22.5. The van der Waals surface area contributed by atoms with Gasteiger partial charge in [0.25, 0.3) is 5.91 Å². The van der Waals surface area contributed by atoms with Crippen LogP contribution in [0.25, 0.3) is 21.9 Å². The SMILES string of the molecule is CCCc1ccc(N(Cc2ccc(C(=O)NCCC(=O)O)cc2)c2cc(-c3ccc4ccccc4c3)cs2)cc1. The summed E-state index contributed by atoms with van der Waals surface area (Å²) in [5.74, 6) is -1.20. The number of anilines is 2. The summed E-state index contributed by atoms with van der Waals surface area (Å²) in [5, 5.41) is 17.3. The van der Waals surface area contributed by atoms with Gasteiger partial charge in [0.15, 0.2) is 0 Å². The number of fused-ring (bicyclic) bond motifs is 1. The molecule has 0 saturated heterocycles. The van der Waals surface area contributed by atoms with Crippen molar-refractivity contribution in [2.75, 3.05) is 11.4 Å². The number of benzene rings is 4. The molecule has 40 heavy (non-hydrogen) atoms. The van der Waals surface area contributed by atoms with E-state index in [4.69, 9.17) is 5.11 Å². The maximum absolute atomic E-state index is 12.4. The van der Waals surface area contributed by atoms with Gasteiger partial charge >= 0.3 is 5.97 Å². The van der Waals surface area contributed by atoms with Gasteiger partial charge in [0.2, 0.25) is 0 Å². The van der Waals surface area contributed by atoms with E-state index in [0.29, 0.717) is 12.1 Å². The lowest BCUT2D eigenvalue weighted by atomic mass is 10.0. The van der Waals surface area contributed by atoms with Gasteiger partial charge in [-0.25, -0.2) is 0 Å². The van der Waals surface area contributed by atoms with Crippen LogP contribution in [0.5, 0.6) is 0 Å². The molecule has 0 aliphatic heterocycles. The first kappa shape index (κ1) is 27.2. The fraction of sp³-hybridized carbons (Fsp3) is 0.176. The first-order valence-corrected chi connectivity index (χ1v) is 14.4. The summed E-state index contributed by atoms with van der Waals surface area (Å²) in [5.41, 5.74) is 6.40. The Balaban J connectivity index is 1.40. The van der Waals surface area contributed by atoms with E-state index in [2.05, 4.69) is 95.3 Å². The van der Waals surface area contributed by atoms with Crippen molar-refractivity contribution in [2.45, 2.75) is 32.7 Å². The Morgan fingerprint density at radius 2 is 1.55 bits per heavy atom. The number of nitrogens with one attached hydrogen (secondary N) is 1. The van der Waals surface area contributed by atoms with Gasteiger partial charge in [-0.05, 0) is 75.8 Å². The van der Waals surface area contributed by atoms with Crippen LogP contribution in [0.15, 0.2) is 102 Å². The molecule has 0 atom stereocenters. The number of carboxylic acid groups (broad SMARTS) is 1. The molecule has 0 radical (unpaired) electrons. The zero-order valence-corrected chi connectivity index (χ0v) is 23.3. The molecule has 0 unspecified atom stereocenters. The van der Waals surface area contributed by atoms with Gasteiger partial charge in [-0.15, -0.1) is 11.3 Å². The van der Waals surface area contributed by atoms with Crippen molar-refractivity contribution in [3.05, 3.63) is 119 Å². The lowest BCUT2D eigenvalue weighted by molar-refractivity contribution is -0.136.